The number of rotatable bonds is 7. The van der Waals surface area contributed by atoms with Crippen LogP contribution < -0.4 is 5.32 Å². The predicted octanol–water partition coefficient (Wildman–Crippen LogP) is 1.51. The van der Waals surface area contributed by atoms with Crippen LogP contribution in [0.4, 0.5) is 4.79 Å². The molecular weight excluding hydrogens is 270 g/mol. The Hall–Kier alpha value is -1.92. The minimum atomic E-state index is -0.517. The molecule has 1 aliphatic rings. The van der Waals surface area contributed by atoms with Crippen molar-refractivity contribution in [3.8, 4) is 0 Å². The lowest BCUT2D eigenvalue weighted by Gasteiger charge is -2.12. The van der Waals surface area contributed by atoms with Gasteiger partial charge in [-0.3, -0.25) is 9.69 Å². The number of amides is 3. The molecule has 0 radical (unpaired) electrons. The summed E-state index contributed by atoms with van der Waals surface area (Å²) in [6.07, 6.45) is 5.15. The summed E-state index contributed by atoms with van der Waals surface area (Å²) in [7, 11) is 0. The molecule has 1 N–H and O–H groups in total. The summed E-state index contributed by atoms with van der Waals surface area (Å²) in [5.74, 6) is -0.157. The Morgan fingerprint density at radius 1 is 1.33 bits per heavy atom. The maximum Gasteiger partial charge on any atom is 0.324 e. The fourth-order valence-corrected chi connectivity index (χ4v) is 2.32. The zero-order valence-corrected chi connectivity index (χ0v) is 12.9. The van der Waals surface area contributed by atoms with E-state index < -0.39 is 6.04 Å². The number of imide groups is 1. The topological polar surface area (TPSA) is 80.1 Å². The van der Waals surface area contributed by atoms with E-state index in [1.165, 1.54) is 4.90 Å². The average molecular weight is 293 g/mol. The summed E-state index contributed by atoms with van der Waals surface area (Å²) in [6.45, 7) is 6.60. The first-order valence-corrected chi connectivity index (χ1v) is 7.55. The van der Waals surface area contributed by atoms with Crippen molar-refractivity contribution >= 4 is 11.9 Å². The molecule has 7 nitrogen and oxygen atoms in total. The van der Waals surface area contributed by atoms with Gasteiger partial charge in [-0.2, -0.15) is 0 Å². The van der Waals surface area contributed by atoms with Crippen LogP contribution in [0.3, 0.4) is 0 Å². The number of nitrogens with zero attached hydrogens (tertiary/aromatic N) is 4. The van der Waals surface area contributed by atoms with Gasteiger partial charge >= 0.3 is 6.03 Å². The number of carbonyl (C=O) groups excluding carboxylic acids is 2. The molecule has 2 rings (SSSR count). The highest BCUT2D eigenvalue weighted by atomic mass is 16.2. The van der Waals surface area contributed by atoms with Crippen LogP contribution in [0.5, 0.6) is 0 Å². The number of aromatic nitrogens is 3. The summed E-state index contributed by atoms with van der Waals surface area (Å²) in [4.78, 5) is 25.4. The highest BCUT2D eigenvalue weighted by Gasteiger charge is 2.37. The number of hydrogen-bond acceptors (Lipinski definition) is 4. The van der Waals surface area contributed by atoms with E-state index in [9.17, 15) is 9.59 Å². The SMILES string of the molecule is CCCCCN1C(=O)N[C@@H](Cc2cn(C(C)C)nn2)C1=O. The van der Waals surface area contributed by atoms with Gasteiger partial charge < -0.3 is 5.32 Å². The Kier molecular flexibility index (Phi) is 4.93. The molecule has 1 atom stereocenters. The molecule has 1 fully saturated rings. The second-order valence-corrected chi connectivity index (χ2v) is 5.69. The van der Waals surface area contributed by atoms with E-state index in [0.29, 0.717) is 13.0 Å². The molecule has 0 aromatic carbocycles. The molecule has 116 valence electrons. The predicted molar refractivity (Wildman–Crippen MR) is 77.7 cm³/mol. The third kappa shape index (κ3) is 3.59. The van der Waals surface area contributed by atoms with Crippen LogP contribution in [0.2, 0.25) is 0 Å². The zero-order chi connectivity index (χ0) is 15.4. The third-order valence-corrected chi connectivity index (χ3v) is 3.59. The molecule has 0 bridgehead atoms. The van der Waals surface area contributed by atoms with E-state index >= 15 is 0 Å². The standard InChI is InChI=1S/C14H23N5O2/c1-4-5-6-7-18-13(20)12(15-14(18)21)8-11-9-19(10(2)3)17-16-11/h9-10,12H,4-8H2,1-3H3,(H,15,21)/t12-/m0/s1. The fourth-order valence-electron chi connectivity index (χ4n) is 2.32. The minimum Gasteiger partial charge on any atom is -0.325 e. The molecule has 2 heterocycles. The van der Waals surface area contributed by atoms with Gasteiger partial charge in [0.25, 0.3) is 5.91 Å². The number of carbonyl (C=O) groups is 2. The van der Waals surface area contributed by atoms with Crippen molar-refractivity contribution < 1.29 is 9.59 Å². The molecule has 7 heteroatoms. The highest BCUT2D eigenvalue weighted by Crippen LogP contribution is 2.13. The Labute approximate surface area is 124 Å². The molecule has 1 aromatic rings. The Balaban J connectivity index is 1.95. The highest BCUT2D eigenvalue weighted by molar-refractivity contribution is 6.04. The molecule has 1 aromatic heterocycles. The monoisotopic (exact) mass is 293 g/mol. The smallest absolute Gasteiger partial charge is 0.324 e. The minimum absolute atomic E-state index is 0.157. The lowest BCUT2D eigenvalue weighted by molar-refractivity contribution is -0.127. The number of nitrogens with one attached hydrogen (secondary N) is 1. The maximum atomic E-state index is 12.2. The number of urea groups is 1. The van der Waals surface area contributed by atoms with Gasteiger partial charge in [-0.15, -0.1) is 5.10 Å². The lowest BCUT2D eigenvalue weighted by atomic mass is 10.1. The molecule has 0 saturated carbocycles. The first kappa shape index (κ1) is 15.5. The molecule has 1 aliphatic heterocycles. The Morgan fingerprint density at radius 3 is 2.71 bits per heavy atom. The van der Waals surface area contributed by atoms with Gasteiger partial charge in [-0.25, -0.2) is 9.48 Å². The molecule has 21 heavy (non-hydrogen) atoms. The summed E-state index contributed by atoms with van der Waals surface area (Å²) >= 11 is 0. The van der Waals surface area contributed by atoms with E-state index in [2.05, 4.69) is 22.6 Å². The van der Waals surface area contributed by atoms with Crippen LogP contribution in [0.1, 0.15) is 51.8 Å². The van der Waals surface area contributed by atoms with E-state index in [4.69, 9.17) is 0 Å². The number of unbranched alkanes of at least 4 members (excludes halogenated alkanes) is 2. The average Bonchev–Trinajstić information content (AvgIpc) is 2.99. The van der Waals surface area contributed by atoms with Crippen molar-refractivity contribution in [3.63, 3.8) is 0 Å². The zero-order valence-electron chi connectivity index (χ0n) is 12.9. The Morgan fingerprint density at radius 2 is 2.10 bits per heavy atom. The van der Waals surface area contributed by atoms with Gasteiger partial charge in [-0.1, -0.05) is 25.0 Å². The van der Waals surface area contributed by atoms with Crippen LogP contribution in [0.25, 0.3) is 0 Å². The summed E-state index contributed by atoms with van der Waals surface area (Å²) in [5.41, 5.74) is 0.720. The molecule has 0 unspecified atom stereocenters. The molecule has 1 saturated heterocycles. The van der Waals surface area contributed by atoms with Crippen molar-refractivity contribution in [3.05, 3.63) is 11.9 Å². The van der Waals surface area contributed by atoms with Gasteiger partial charge in [0.2, 0.25) is 0 Å². The van der Waals surface area contributed by atoms with Crippen LogP contribution in [-0.2, 0) is 11.2 Å². The third-order valence-electron chi connectivity index (χ3n) is 3.59. The molecule has 0 aliphatic carbocycles. The van der Waals surface area contributed by atoms with Crippen LogP contribution >= 0.6 is 0 Å². The van der Waals surface area contributed by atoms with Gasteiger partial charge in [0, 0.05) is 25.2 Å². The van der Waals surface area contributed by atoms with Crippen molar-refractivity contribution in [1.29, 1.82) is 0 Å². The lowest BCUT2D eigenvalue weighted by Crippen LogP contribution is -2.33. The van der Waals surface area contributed by atoms with Gasteiger partial charge in [0.1, 0.15) is 6.04 Å². The van der Waals surface area contributed by atoms with Gasteiger partial charge in [-0.05, 0) is 20.3 Å². The largest absolute Gasteiger partial charge is 0.325 e. The van der Waals surface area contributed by atoms with Crippen molar-refractivity contribution in [2.24, 2.45) is 0 Å². The molecular formula is C14H23N5O2. The summed E-state index contributed by atoms with van der Waals surface area (Å²) in [6, 6.07) is -0.584. The van der Waals surface area contributed by atoms with E-state index in [-0.39, 0.29) is 18.0 Å². The van der Waals surface area contributed by atoms with E-state index in [1.54, 1.807) is 4.68 Å². The number of hydrogen-bond donors (Lipinski definition) is 1. The van der Waals surface area contributed by atoms with Crippen LogP contribution in [0.15, 0.2) is 6.20 Å². The fraction of sp³-hybridized carbons (Fsp3) is 0.714. The maximum absolute atomic E-state index is 12.2. The summed E-state index contributed by atoms with van der Waals surface area (Å²) < 4.78 is 1.75. The first-order valence-electron chi connectivity index (χ1n) is 7.55. The van der Waals surface area contributed by atoms with Crippen molar-refractivity contribution in [1.82, 2.24) is 25.2 Å². The molecule has 0 spiro atoms. The van der Waals surface area contributed by atoms with Crippen molar-refractivity contribution in [2.75, 3.05) is 6.54 Å². The van der Waals surface area contributed by atoms with E-state index in [0.717, 1.165) is 25.0 Å². The quantitative estimate of drug-likeness (QED) is 0.610. The summed E-state index contributed by atoms with van der Waals surface area (Å²) in [5, 5.41) is 10.8. The first-order chi connectivity index (χ1) is 10.0. The van der Waals surface area contributed by atoms with Gasteiger partial charge in [0.15, 0.2) is 0 Å². The normalized spacial score (nSPS) is 18.7. The second-order valence-electron chi connectivity index (χ2n) is 5.69. The van der Waals surface area contributed by atoms with Crippen LogP contribution in [0, 0.1) is 0 Å². The molecule has 3 amide bonds. The van der Waals surface area contributed by atoms with E-state index in [1.807, 2.05) is 20.0 Å². The van der Waals surface area contributed by atoms with Crippen LogP contribution in [-0.4, -0.2) is 44.4 Å². The Bertz CT molecular complexity index is 511. The van der Waals surface area contributed by atoms with Crippen molar-refractivity contribution in [2.45, 2.75) is 58.5 Å². The van der Waals surface area contributed by atoms with Gasteiger partial charge in [0.05, 0.1) is 5.69 Å². The second kappa shape index (κ2) is 6.69.